The highest BCUT2D eigenvalue weighted by molar-refractivity contribution is 9.10. The van der Waals surface area contributed by atoms with Crippen molar-refractivity contribution in [3.05, 3.63) is 82.3 Å². The molecule has 3 nitrogen and oxygen atoms in total. The van der Waals surface area contributed by atoms with Crippen molar-refractivity contribution in [1.82, 2.24) is 0 Å². The topological polar surface area (TPSA) is 38.3 Å². The molecule has 0 fully saturated rings. The number of ether oxygens (including phenoxy) is 1. The van der Waals surface area contributed by atoms with Gasteiger partial charge in [-0.15, -0.1) is 0 Å². The van der Waals surface area contributed by atoms with Crippen LogP contribution in [0.2, 0.25) is 0 Å². The SMILES string of the molecule is Cc1cc(Br)cc(C)c1NC(=O)COc1ccc(-c2ccccc2)cc1. The van der Waals surface area contributed by atoms with E-state index in [9.17, 15) is 4.79 Å². The average Bonchev–Trinajstić information content (AvgIpc) is 2.64. The Morgan fingerprint density at radius 1 is 0.923 bits per heavy atom. The van der Waals surface area contributed by atoms with Crippen LogP contribution >= 0.6 is 15.9 Å². The third-order valence-electron chi connectivity index (χ3n) is 4.09. The van der Waals surface area contributed by atoms with Crippen LogP contribution in [0.25, 0.3) is 11.1 Å². The zero-order chi connectivity index (χ0) is 18.5. The first kappa shape index (κ1) is 18.2. The molecule has 26 heavy (non-hydrogen) atoms. The van der Waals surface area contributed by atoms with Gasteiger partial charge in [0.05, 0.1) is 0 Å². The summed E-state index contributed by atoms with van der Waals surface area (Å²) in [6.07, 6.45) is 0. The van der Waals surface area contributed by atoms with Gasteiger partial charge in [-0.3, -0.25) is 4.79 Å². The summed E-state index contributed by atoms with van der Waals surface area (Å²) in [5.41, 5.74) is 5.12. The molecule has 0 bridgehead atoms. The van der Waals surface area contributed by atoms with Crippen molar-refractivity contribution < 1.29 is 9.53 Å². The van der Waals surface area contributed by atoms with Gasteiger partial charge in [-0.25, -0.2) is 0 Å². The van der Waals surface area contributed by atoms with Crippen molar-refractivity contribution in [2.45, 2.75) is 13.8 Å². The molecule has 0 heterocycles. The lowest BCUT2D eigenvalue weighted by Crippen LogP contribution is -2.21. The highest BCUT2D eigenvalue weighted by Crippen LogP contribution is 2.25. The maximum atomic E-state index is 12.2. The molecule has 3 aromatic carbocycles. The van der Waals surface area contributed by atoms with Crippen molar-refractivity contribution in [1.29, 1.82) is 0 Å². The molecule has 3 aromatic rings. The standard InChI is InChI=1S/C22H20BrNO2/c1-15-12-19(23)13-16(2)22(15)24-21(25)14-26-20-10-8-18(9-11-20)17-6-4-3-5-7-17/h3-13H,14H2,1-2H3,(H,24,25). The summed E-state index contributed by atoms with van der Waals surface area (Å²) in [5.74, 6) is 0.495. The normalized spacial score (nSPS) is 10.4. The third-order valence-corrected chi connectivity index (χ3v) is 4.55. The van der Waals surface area contributed by atoms with Crippen LogP contribution in [0.3, 0.4) is 0 Å². The summed E-state index contributed by atoms with van der Waals surface area (Å²) >= 11 is 3.46. The van der Waals surface area contributed by atoms with Crippen LogP contribution in [-0.4, -0.2) is 12.5 Å². The maximum Gasteiger partial charge on any atom is 0.262 e. The number of amides is 1. The fraction of sp³-hybridized carbons (Fsp3) is 0.136. The molecule has 4 heteroatoms. The van der Waals surface area contributed by atoms with E-state index in [-0.39, 0.29) is 12.5 Å². The van der Waals surface area contributed by atoms with Gasteiger partial charge in [0.2, 0.25) is 0 Å². The van der Waals surface area contributed by atoms with Crippen molar-refractivity contribution in [3.63, 3.8) is 0 Å². The van der Waals surface area contributed by atoms with E-state index in [2.05, 4.69) is 33.4 Å². The van der Waals surface area contributed by atoms with Crippen molar-refractivity contribution >= 4 is 27.5 Å². The van der Waals surface area contributed by atoms with Crippen LogP contribution in [0.4, 0.5) is 5.69 Å². The quantitative estimate of drug-likeness (QED) is 0.582. The second-order valence-electron chi connectivity index (χ2n) is 6.14. The van der Waals surface area contributed by atoms with E-state index in [0.717, 1.165) is 32.4 Å². The lowest BCUT2D eigenvalue weighted by Gasteiger charge is -2.13. The number of nitrogens with one attached hydrogen (secondary N) is 1. The first-order chi connectivity index (χ1) is 12.5. The summed E-state index contributed by atoms with van der Waals surface area (Å²) in [7, 11) is 0. The summed E-state index contributed by atoms with van der Waals surface area (Å²) in [5, 5.41) is 2.93. The zero-order valence-electron chi connectivity index (χ0n) is 14.8. The number of carbonyl (C=O) groups excluding carboxylic acids is 1. The molecule has 0 saturated heterocycles. The van der Waals surface area contributed by atoms with Gasteiger partial charge in [-0.1, -0.05) is 58.4 Å². The van der Waals surface area contributed by atoms with Crippen LogP contribution in [0.15, 0.2) is 71.2 Å². The number of benzene rings is 3. The van der Waals surface area contributed by atoms with Crippen LogP contribution in [0, 0.1) is 13.8 Å². The van der Waals surface area contributed by atoms with Gasteiger partial charge in [0.15, 0.2) is 6.61 Å². The molecule has 0 spiro atoms. The molecule has 0 aromatic heterocycles. The Morgan fingerprint density at radius 2 is 1.50 bits per heavy atom. The molecular weight excluding hydrogens is 390 g/mol. The summed E-state index contributed by atoms with van der Waals surface area (Å²) < 4.78 is 6.61. The number of aryl methyl sites for hydroxylation is 2. The second-order valence-corrected chi connectivity index (χ2v) is 7.06. The summed E-state index contributed by atoms with van der Waals surface area (Å²) in [6.45, 7) is 3.91. The third kappa shape index (κ3) is 4.52. The summed E-state index contributed by atoms with van der Waals surface area (Å²) in [6, 6.07) is 21.8. The van der Waals surface area contributed by atoms with Gasteiger partial charge in [-0.2, -0.15) is 0 Å². The van der Waals surface area contributed by atoms with E-state index in [1.165, 1.54) is 0 Å². The molecule has 0 aliphatic rings. The highest BCUT2D eigenvalue weighted by atomic mass is 79.9. The zero-order valence-corrected chi connectivity index (χ0v) is 16.3. The minimum Gasteiger partial charge on any atom is -0.484 e. The van der Waals surface area contributed by atoms with Crippen LogP contribution < -0.4 is 10.1 Å². The molecule has 1 N–H and O–H groups in total. The molecule has 0 atom stereocenters. The second kappa shape index (κ2) is 8.19. The van der Waals surface area contributed by atoms with Gasteiger partial charge in [0.25, 0.3) is 5.91 Å². The fourth-order valence-corrected chi connectivity index (χ4v) is 3.49. The van der Waals surface area contributed by atoms with E-state index in [1.54, 1.807) is 0 Å². The molecular formula is C22H20BrNO2. The first-order valence-corrected chi connectivity index (χ1v) is 9.17. The highest BCUT2D eigenvalue weighted by Gasteiger charge is 2.09. The summed E-state index contributed by atoms with van der Waals surface area (Å²) in [4.78, 5) is 12.2. The molecule has 0 radical (unpaired) electrons. The molecule has 0 unspecified atom stereocenters. The molecule has 0 saturated carbocycles. The average molecular weight is 410 g/mol. The lowest BCUT2D eigenvalue weighted by molar-refractivity contribution is -0.118. The van der Waals surface area contributed by atoms with Crippen LogP contribution in [-0.2, 0) is 4.79 Å². The van der Waals surface area contributed by atoms with Gasteiger partial charge in [-0.05, 0) is 60.4 Å². The Kier molecular flexibility index (Phi) is 5.74. The minimum absolute atomic E-state index is 0.0281. The van der Waals surface area contributed by atoms with E-state index < -0.39 is 0 Å². The van der Waals surface area contributed by atoms with E-state index >= 15 is 0 Å². The van der Waals surface area contributed by atoms with Crippen molar-refractivity contribution in [3.8, 4) is 16.9 Å². The van der Waals surface area contributed by atoms with E-state index in [1.807, 2.05) is 68.4 Å². The number of carbonyl (C=O) groups is 1. The van der Waals surface area contributed by atoms with Crippen molar-refractivity contribution in [2.24, 2.45) is 0 Å². The number of hydrogen-bond donors (Lipinski definition) is 1. The van der Waals surface area contributed by atoms with Gasteiger partial charge >= 0.3 is 0 Å². The maximum absolute atomic E-state index is 12.2. The Balaban J connectivity index is 1.60. The Labute approximate surface area is 162 Å². The Bertz CT molecular complexity index is 882. The number of halogens is 1. The van der Waals surface area contributed by atoms with Crippen LogP contribution in [0.5, 0.6) is 5.75 Å². The monoisotopic (exact) mass is 409 g/mol. The van der Waals surface area contributed by atoms with Gasteiger partial charge < -0.3 is 10.1 Å². The molecule has 1 amide bonds. The van der Waals surface area contributed by atoms with Gasteiger partial charge in [0.1, 0.15) is 5.75 Å². The first-order valence-electron chi connectivity index (χ1n) is 8.38. The Morgan fingerprint density at radius 3 is 2.12 bits per heavy atom. The smallest absolute Gasteiger partial charge is 0.262 e. The Hall–Kier alpha value is -2.59. The largest absolute Gasteiger partial charge is 0.484 e. The number of hydrogen-bond acceptors (Lipinski definition) is 2. The predicted molar refractivity (Wildman–Crippen MR) is 110 cm³/mol. The van der Waals surface area contributed by atoms with Crippen molar-refractivity contribution in [2.75, 3.05) is 11.9 Å². The minimum atomic E-state index is -0.175. The number of anilines is 1. The van der Waals surface area contributed by atoms with E-state index in [0.29, 0.717) is 5.75 Å². The number of rotatable bonds is 5. The predicted octanol–water partition coefficient (Wildman–Crippen LogP) is 5.75. The fourth-order valence-electron chi connectivity index (χ4n) is 2.81. The van der Waals surface area contributed by atoms with E-state index in [4.69, 9.17) is 4.74 Å². The molecule has 0 aliphatic carbocycles. The van der Waals surface area contributed by atoms with Crippen LogP contribution in [0.1, 0.15) is 11.1 Å². The van der Waals surface area contributed by atoms with Gasteiger partial charge in [0, 0.05) is 10.2 Å². The molecule has 132 valence electrons. The molecule has 0 aliphatic heterocycles. The molecule has 3 rings (SSSR count). The lowest BCUT2D eigenvalue weighted by atomic mass is 10.1.